The predicted molar refractivity (Wildman–Crippen MR) is 284 cm³/mol. The second-order valence-corrected chi connectivity index (χ2v) is 23.8. The number of nitrogens with one attached hydrogen (secondary N) is 1. The number of carbonyl (C=O) groups excluding carboxylic acids is 3. The summed E-state index contributed by atoms with van der Waals surface area (Å²) in [4.78, 5) is 44.2. The molecule has 2 aromatic carbocycles. The van der Waals surface area contributed by atoms with Crippen LogP contribution in [0.25, 0.3) is 11.1 Å². The lowest BCUT2D eigenvalue weighted by molar-refractivity contribution is 0.0516. The molecule has 2 saturated heterocycles. The second-order valence-electron chi connectivity index (χ2n) is 20.2. The van der Waals surface area contributed by atoms with E-state index in [4.69, 9.17) is 47.6 Å². The van der Waals surface area contributed by atoms with Crippen LogP contribution < -0.4 is 5.32 Å². The number of hydrogen-bond acceptors (Lipinski definition) is 11. The summed E-state index contributed by atoms with van der Waals surface area (Å²) in [6.07, 6.45) is 6.45. The third-order valence-corrected chi connectivity index (χ3v) is 16.5. The summed E-state index contributed by atoms with van der Waals surface area (Å²) in [5.74, 6) is 0.518. The van der Waals surface area contributed by atoms with Gasteiger partial charge in [0.05, 0.1) is 44.1 Å². The van der Waals surface area contributed by atoms with Gasteiger partial charge in [0, 0.05) is 66.2 Å². The standard InChI is InChI=1S/C35H38ClN3O4S.C20H28ClN3O2S/c1-35(2,22-42-3)33(40)39-24(12-13-25-14-15-32(36)44-25)20-31(37-39)23-16-18-38(19-17-23)34(41)43-21-30-28-10-6-4-8-26(28)27-9-5-7-11-29(27)30;1-20(2,13-26-3)19(25)24-15(4-5-16-6-7-18(21)27-16)12-17(23-24)14-8-10-22-11-9-14/h4-11,14-15,20,23,30H,12-13,16-19,21-22H2,1-3H3;6-7,12,14,22H,4-5,8-11,13H2,1-3H3. The van der Waals surface area contributed by atoms with Gasteiger partial charge in [0.2, 0.25) is 0 Å². The van der Waals surface area contributed by atoms with Crippen LogP contribution in [-0.4, -0.2) is 103 Å². The lowest BCUT2D eigenvalue weighted by Gasteiger charge is -2.31. The number of thiophene rings is 2. The lowest BCUT2D eigenvalue weighted by atomic mass is 9.93. The first kappa shape index (κ1) is 52.6. The van der Waals surface area contributed by atoms with Crippen molar-refractivity contribution in [1.82, 2.24) is 29.8 Å². The van der Waals surface area contributed by atoms with Crippen LogP contribution in [0.5, 0.6) is 0 Å². The molecule has 2 fully saturated rings. The minimum absolute atomic E-state index is 0.0104. The molecule has 71 heavy (non-hydrogen) atoms. The molecule has 1 aliphatic carbocycles. The maximum atomic E-state index is 13.6. The van der Waals surface area contributed by atoms with Gasteiger partial charge in [-0.2, -0.15) is 10.2 Å². The molecule has 12 nitrogen and oxygen atoms in total. The number of nitrogens with zero attached hydrogens (tertiary/aromatic N) is 5. The third-order valence-electron chi connectivity index (χ3n) is 13.9. The number of benzene rings is 2. The van der Waals surface area contributed by atoms with Gasteiger partial charge in [0.25, 0.3) is 11.8 Å². The molecule has 378 valence electrons. The van der Waals surface area contributed by atoms with Crippen molar-refractivity contribution >= 4 is 63.8 Å². The quantitative estimate of drug-likeness (QED) is 0.101. The molecule has 1 N–H and O–H groups in total. The van der Waals surface area contributed by atoms with Crippen molar-refractivity contribution in [1.29, 1.82) is 0 Å². The van der Waals surface area contributed by atoms with E-state index in [1.165, 1.54) is 32.0 Å². The van der Waals surface area contributed by atoms with E-state index in [0.717, 1.165) is 89.5 Å². The Labute approximate surface area is 436 Å². The first-order valence-corrected chi connectivity index (χ1v) is 27.1. The highest BCUT2D eigenvalue weighted by Gasteiger charge is 2.36. The van der Waals surface area contributed by atoms with E-state index in [9.17, 15) is 14.4 Å². The fourth-order valence-corrected chi connectivity index (χ4v) is 12.2. The molecule has 0 radical (unpaired) electrons. The zero-order valence-electron chi connectivity index (χ0n) is 41.7. The average Bonchev–Trinajstić information content (AvgIpc) is 4.23. The third kappa shape index (κ3) is 12.6. The van der Waals surface area contributed by atoms with Crippen molar-refractivity contribution in [3.05, 3.63) is 137 Å². The van der Waals surface area contributed by atoms with E-state index in [1.807, 2.05) is 58.0 Å². The SMILES string of the molecule is COCC(C)(C)C(=O)n1nc(C2CCN(C(=O)OCC3c4ccccc4-c4ccccc43)CC2)cc1CCc1ccc(Cl)s1.COCC(C)(C)C(=O)n1nc(C2CCNCC2)cc1CCc1ccc(Cl)s1. The largest absolute Gasteiger partial charge is 0.448 e. The summed E-state index contributed by atoms with van der Waals surface area (Å²) < 4.78 is 21.3. The Bertz CT molecular complexity index is 2730. The van der Waals surface area contributed by atoms with Gasteiger partial charge in [0.1, 0.15) is 6.61 Å². The van der Waals surface area contributed by atoms with Crippen LogP contribution in [0.4, 0.5) is 4.79 Å². The number of rotatable bonds is 16. The van der Waals surface area contributed by atoms with Crippen LogP contribution in [0.3, 0.4) is 0 Å². The Balaban J connectivity index is 0.000000214. The smallest absolute Gasteiger partial charge is 0.409 e. The number of fused-ring (bicyclic) bond motifs is 3. The molecule has 0 unspecified atom stereocenters. The monoisotopic (exact) mass is 1040 g/mol. The van der Waals surface area contributed by atoms with Crippen LogP contribution >= 0.6 is 45.9 Å². The fourth-order valence-electron chi connectivity index (χ4n) is 10.0. The molecule has 9 rings (SSSR count). The number of likely N-dealkylation sites (tertiary alicyclic amines) is 1. The first-order valence-electron chi connectivity index (χ1n) is 24.7. The molecule has 4 aromatic heterocycles. The van der Waals surface area contributed by atoms with Gasteiger partial charge in [-0.15, -0.1) is 22.7 Å². The zero-order valence-corrected chi connectivity index (χ0v) is 44.8. The number of amides is 1. The Kier molecular flexibility index (Phi) is 17.4. The molecular weight excluding hydrogens is 976 g/mol. The molecule has 0 saturated carbocycles. The molecule has 0 bridgehead atoms. The van der Waals surface area contributed by atoms with E-state index in [-0.39, 0.29) is 29.7 Å². The minimum Gasteiger partial charge on any atom is -0.448 e. The highest BCUT2D eigenvalue weighted by Crippen LogP contribution is 2.45. The topological polar surface area (TPSA) is 130 Å². The van der Waals surface area contributed by atoms with Crippen molar-refractivity contribution in [2.75, 3.05) is 60.2 Å². The number of piperidine rings is 2. The van der Waals surface area contributed by atoms with Crippen molar-refractivity contribution in [2.24, 2.45) is 10.8 Å². The molecule has 6 aromatic rings. The van der Waals surface area contributed by atoms with E-state index in [2.05, 4.69) is 59.9 Å². The van der Waals surface area contributed by atoms with Crippen LogP contribution in [0, 0.1) is 10.8 Å². The highest BCUT2D eigenvalue weighted by molar-refractivity contribution is 7.16. The van der Waals surface area contributed by atoms with Crippen molar-refractivity contribution < 1.29 is 28.6 Å². The molecule has 16 heteroatoms. The number of hydrogen-bond donors (Lipinski definition) is 1. The molecule has 3 aliphatic rings. The predicted octanol–water partition coefficient (Wildman–Crippen LogP) is 12.0. The van der Waals surface area contributed by atoms with Crippen LogP contribution in [0.2, 0.25) is 8.67 Å². The van der Waals surface area contributed by atoms with Gasteiger partial charge in [0.15, 0.2) is 0 Å². The van der Waals surface area contributed by atoms with Gasteiger partial charge in [-0.05, 0) is 151 Å². The van der Waals surface area contributed by atoms with Crippen LogP contribution in [-0.2, 0) is 39.9 Å². The Morgan fingerprint density at radius 1 is 0.648 bits per heavy atom. The number of ether oxygens (including phenoxy) is 3. The first-order chi connectivity index (χ1) is 34.1. The summed E-state index contributed by atoms with van der Waals surface area (Å²) in [5.41, 5.74) is 7.31. The van der Waals surface area contributed by atoms with Crippen LogP contribution in [0.1, 0.15) is 124 Å². The van der Waals surface area contributed by atoms with Gasteiger partial charge < -0.3 is 24.4 Å². The van der Waals surface area contributed by atoms with E-state index in [0.29, 0.717) is 45.2 Å². The van der Waals surface area contributed by atoms with E-state index in [1.54, 1.807) is 51.2 Å². The molecule has 2 aliphatic heterocycles. The number of aryl methyl sites for hydroxylation is 4. The number of halogens is 2. The summed E-state index contributed by atoms with van der Waals surface area (Å²) >= 11 is 15.4. The van der Waals surface area contributed by atoms with E-state index < -0.39 is 10.8 Å². The van der Waals surface area contributed by atoms with Crippen molar-refractivity contribution in [3.63, 3.8) is 0 Å². The van der Waals surface area contributed by atoms with Crippen molar-refractivity contribution in [2.45, 2.75) is 96.8 Å². The number of methoxy groups -OCH3 is 2. The number of aromatic nitrogens is 4. The Morgan fingerprint density at radius 3 is 1.54 bits per heavy atom. The van der Waals surface area contributed by atoms with Gasteiger partial charge in [-0.3, -0.25) is 9.59 Å². The maximum absolute atomic E-state index is 13.6. The van der Waals surface area contributed by atoms with Crippen LogP contribution in [0.15, 0.2) is 84.9 Å². The molecule has 0 spiro atoms. The minimum atomic E-state index is -0.716. The summed E-state index contributed by atoms with van der Waals surface area (Å²) in [7, 11) is 3.23. The Morgan fingerprint density at radius 2 is 1.10 bits per heavy atom. The normalized spacial score (nSPS) is 15.6. The van der Waals surface area contributed by atoms with Gasteiger partial charge in [-0.1, -0.05) is 71.7 Å². The summed E-state index contributed by atoms with van der Waals surface area (Å²) in [6, 6.07) is 28.8. The van der Waals surface area contributed by atoms with E-state index >= 15 is 0 Å². The fraction of sp³-hybridized carbons (Fsp3) is 0.473. The van der Waals surface area contributed by atoms with Gasteiger partial charge >= 0.3 is 6.09 Å². The van der Waals surface area contributed by atoms with Gasteiger partial charge in [-0.25, -0.2) is 14.2 Å². The highest BCUT2D eigenvalue weighted by atomic mass is 35.5. The lowest BCUT2D eigenvalue weighted by Crippen LogP contribution is -2.39. The molecule has 0 atom stereocenters. The maximum Gasteiger partial charge on any atom is 0.409 e. The summed E-state index contributed by atoms with van der Waals surface area (Å²) in [6.45, 7) is 11.8. The summed E-state index contributed by atoms with van der Waals surface area (Å²) in [5, 5.41) is 13.0. The average molecular weight is 1040 g/mol. The second kappa shape index (κ2) is 23.5. The molecular formula is C55H66Cl2N6O6S2. The molecule has 6 heterocycles. The number of carbonyl (C=O) groups is 3. The Hall–Kier alpha value is -4.67. The van der Waals surface area contributed by atoms with Crippen molar-refractivity contribution in [3.8, 4) is 11.1 Å². The molecule has 1 amide bonds. The zero-order chi connectivity index (χ0) is 50.3.